The van der Waals surface area contributed by atoms with Crippen molar-refractivity contribution in [3.8, 4) is 5.69 Å². The lowest BCUT2D eigenvalue weighted by molar-refractivity contribution is 0.0604. The first-order valence-electron chi connectivity index (χ1n) is 7.61. The number of benzene rings is 2. The van der Waals surface area contributed by atoms with Gasteiger partial charge in [-0.3, -0.25) is 4.57 Å². The van der Waals surface area contributed by atoms with Crippen LogP contribution in [0.3, 0.4) is 0 Å². The summed E-state index contributed by atoms with van der Waals surface area (Å²) in [4.78, 5) is 21.5. The Kier molecular flexibility index (Phi) is 3.94. The van der Waals surface area contributed by atoms with Gasteiger partial charge >= 0.3 is 5.97 Å². The van der Waals surface area contributed by atoms with Gasteiger partial charge < -0.3 is 10.5 Å². The van der Waals surface area contributed by atoms with Crippen molar-refractivity contribution in [2.24, 2.45) is 0 Å². The lowest BCUT2D eigenvalue weighted by Gasteiger charge is -2.10. The minimum atomic E-state index is -0.596. The topological polar surface area (TPSA) is 83.0 Å². The van der Waals surface area contributed by atoms with Crippen LogP contribution in [0.4, 0.5) is 5.82 Å². The lowest BCUT2D eigenvalue weighted by Crippen LogP contribution is -2.07. The molecule has 2 aromatic heterocycles. The molecule has 2 N–H and O–H groups in total. The van der Waals surface area contributed by atoms with E-state index < -0.39 is 5.97 Å². The van der Waals surface area contributed by atoms with Gasteiger partial charge in [-0.1, -0.05) is 35.3 Å². The summed E-state index contributed by atoms with van der Waals surface area (Å²) in [5.41, 5.74) is 9.03. The van der Waals surface area contributed by atoms with Crippen LogP contribution in [-0.4, -0.2) is 27.6 Å². The maximum atomic E-state index is 12.3. The average Bonchev–Trinajstić information content (AvgIpc) is 2.90. The number of hydrogen-bond acceptors (Lipinski definition) is 5. The van der Waals surface area contributed by atoms with Gasteiger partial charge in [-0.05, 0) is 30.3 Å². The molecule has 0 spiro atoms. The summed E-state index contributed by atoms with van der Waals surface area (Å²) in [7, 11) is 1.29. The van der Waals surface area contributed by atoms with Gasteiger partial charge in [-0.25, -0.2) is 14.8 Å². The number of hydrogen-bond donors (Lipinski definition) is 1. The van der Waals surface area contributed by atoms with Gasteiger partial charge in [0.15, 0.2) is 5.65 Å². The second-order valence-electron chi connectivity index (χ2n) is 5.57. The molecule has 0 atom stereocenters. The SMILES string of the molecule is COC(=O)c1c(N)n(-c2ccc(Cl)cc2Cl)c2nc3ccccc3nc12. The third-order valence-corrected chi connectivity index (χ3v) is 4.58. The highest BCUT2D eigenvalue weighted by molar-refractivity contribution is 6.36. The number of methoxy groups -OCH3 is 1. The van der Waals surface area contributed by atoms with Crippen LogP contribution in [0.1, 0.15) is 10.4 Å². The maximum absolute atomic E-state index is 12.3. The zero-order valence-electron chi connectivity index (χ0n) is 13.5. The standard InChI is InChI=1S/C18H12Cl2N4O2/c1-26-18(25)14-15-17(23-12-5-3-2-4-11(12)22-15)24(16(14)21)13-7-6-9(19)8-10(13)20/h2-8H,21H2,1H3. The molecule has 0 fully saturated rings. The Morgan fingerprint density at radius 2 is 1.81 bits per heavy atom. The number of aromatic nitrogens is 3. The predicted octanol–water partition coefficient (Wildman–Crippen LogP) is 4.25. The van der Waals surface area contributed by atoms with Crippen LogP contribution in [0, 0.1) is 0 Å². The van der Waals surface area contributed by atoms with Crippen molar-refractivity contribution < 1.29 is 9.53 Å². The molecule has 0 saturated carbocycles. The van der Waals surface area contributed by atoms with Crippen molar-refractivity contribution in [1.82, 2.24) is 14.5 Å². The van der Waals surface area contributed by atoms with E-state index in [-0.39, 0.29) is 11.4 Å². The first-order valence-corrected chi connectivity index (χ1v) is 8.37. The number of carbonyl (C=O) groups excluding carboxylic acids is 1. The smallest absolute Gasteiger partial charge is 0.343 e. The Morgan fingerprint density at radius 1 is 1.12 bits per heavy atom. The van der Waals surface area contributed by atoms with Crippen LogP contribution in [-0.2, 0) is 4.74 Å². The average molecular weight is 387 g/mol. The number of esters is 1. The summed E-state index contributed by atoms with van der Waals surface area (Å²) in [5, 5.41) is 0.853. The molecule has 26 heavy (non-hydrogen) atoms. The summed E-state index contributed by atoms with van der Waals surface area (Å²) in [5.74, 6) is -0.452. The minimum Gasteiger partial charge on any atom is -0.465 e. The van der Waals surface area contributed by atoms with E-state index >= 15 is 0 Å². The van der Waals surface area contributed by atoms with E-state index in [1.807, 2.05) is 24.3 Å². The van der Waals surface area contributed by atoms with Gasteiger partial charge in [-0.2, -0.15) is 0 Å². The molecular formula is C18H12Cl2N4O2. The second kappa shape index (κ2) is 6.16. The fourth-order valence-corrected chi connectivity index (χ4v) is 3.36. The molecule has 0 bridgehead atoms. The van der Waals surface area contributed by atoms with Crippen LogP contribution in [0.25, 0.3) is 27.9 Å². The summed E-state index contributed by atoms with van der Waals surface area (Å²) >= 11 is 12.3. The number of rotatable bonds is 2. The van der Waals surface area contributed by atoms with Gasteiger partial charge in [0.1, 0.15) is 16.9 Å². The molecule has 2 heterocycles. The highest BCUT2D eigenvalue weighted by atomic mass is 35.5. The number of carbonyl (C=O) groups is 1. The number of nitrogens with zero attached hydrogens (tertiary/aromatic N) is 3. The van der Waals surface area contributed by atoms with Crippen LogP contribution in [0.5, 0.6) is 0 Å². The van der Waals surface area contributed by atoms with Crippen LogP contribution >= 0.6 is 23.2 Å². The first kappa shape index (κ1) is 16.6. The van der Waals surface area contributed by atoms with Gasteiger partial charge in [0.05, 0.1) is 28.9 Å². The number of nitrogens with two attached hydrogens (primary N) is 1. The number of halogens is 2. The van der Waals surface area contributed by atoms with Crippen molar-refractivity contribution >= 4 is 57.2 Å². The quantitative estimate of drug-likeness (QED) is 0.520. The van der Waals surface area contributed by atoms with Gasteiger partial charge in [0, 0.05) is 5.02 Å². The first-order chi connectivity index (χ1) is 12.5. The largest absolute Gasteiger partial charge is 0.465 e. The maximum Gasteiger partial charge on any atom is 0.343 e. The summed E-state index contributed by atoms with van der Waals surface area (Å²) in [6.07, 6.45) is 0. The third kappa shape index (κ3) is 2.46. The lowest BCUT2D eigenvalue weighted by atomic mass is 10.2. The van der Waals surface area contributed by atoms with Crippen LogP contribution in [0.15, 0.2) is 42.5 Å². The number of para-hydroxylation sites is 2. The van der Waals surface area contributed by atoms with E-state index in [1.165, 1.54) is 7.11 Å². The predicted molar refractivity (Wildman–Crippen MR) is 102 cm³/mol. The summed E-state index contributed by atoms with van der Waals surface area (Å²) in [6.45, 7) is 0. The van der Waals surface area contributed by atoms with Gasteiger partial charge in [-0.15, -0.1) is 0 Å². The van der Waals surface area contributed by atoms with Crippen molar-refractivity contribution in [2.75, 3.05) is 12.8 Å². The van der Waals surface area contributed by atoms with Crippen molar-refractivity contribution in [3.63, 3.8) is 0 Å². The normalized spacial score (nSPS) is 11.2. The van der Waals surface area contributed by atoms with E-state index in [0.29, 0.717) is 37.9 Å². The summed E-state index contributed by atoms with van der Waals surface area (Å²) in [6, 6.07) is 12.3. The van der Waals surface area contributed by atoms with Crippen molar-refractivity contribution in [3.05, 3.63) is 58.1 Å². The Labute approximate surface area is 158 Å². The van der Waals surface area contributed by atoms with E-state index in [4.69, 9.17) is 33.7 Å². The number of nitrogen functional groups attached to an aromatic ring is 1. The minimum absolute atomic E-state index is 0.145. The Balaban J connectivity index is 2.16. The highest BCUT2D eigenvalue weighted by Crippen LogP contribution is 2.34. The molecule has 130 valence electrons. The molecule has 2 aromatic carbocycles. The van der Waals surface area contributed by atoms with Crippen LogP contribution < -0.4 is 5.73 Å². The number of fused-ring (bicyclic) bond motifs is 2. The van der Waals surface area contributed by atoms with E-state index in [1.54, 1.807) is 22.8 Å². The van der Waals surface area contributed by atoms with Crippen molar-refractivity contribution in [1.29, 1.82) is 0 Å². The fraction of sp³-hybridized carbons (Fsp3) is 0.0556. The second-order valence-corrected chi connectivity index (χ2v) is 6.41. The molecule has 8 heteroatoms. The molecule has 0 aliphatic heterocycles. The number of anilines is 1. The molecule has 0 amide bonds. The molecule has 6 nitrogen and oxygen atoms in total. The van der Waals surface area contributed by atoms with Gasteiger partial charge in [0.25, 0.3) is 0 Å². The van der Waals surface area contributed by atoms with E-state index in [9.17, 15) is 4.79 Å². The van der Waals surface area contributed by atoms with Crippen LogP contribution in [0.2, 0.25) is 10.0 Å². The monoisotopic (exact) mass is 386 g/mol. The Morgan fingerprint density at radius 3 is 2.46 bits per heavy atom. The zero-order chi connectivity index (χ0) is 18.4. The summed E-state index contributed by atoms with van der Waals surface area (Å²) < 4.78 is 6.46. The Hall–Kier alpha value is -2.83. The molecule has 0 saturated heterocycles. The molecule has 4 aromatic rings. The molecule has 0 radical (unpaired) electrons. The molecular weight excluding hydrogens is 375 g/mol. The fourth-order valence-electron chi connectivity index (χ4n) is 2.87. The third-order valence-electron chi connectivity index (χ3n) is 4.04. The molecule has 4 rings (SSSR count). The highest BCUT2D eigenvalue weighted by Gasteiger charge is 2.26. The Bertz CT molecular complexity index is 1190. The molecule has 0 unspecified atom stereocenters. The van der Waals surface area contributed by atoms with Gasteiger partial charge in [0.2, 0.25) is 0 Å². The zero-order valence-corrected chi connectivity index (χ0v) is 15.0. The molecule has 0 aliphatic carbocycles. The van der Waals surface area contributed by atoms with E-state index in [0.717, 1.165) is 0 Å². The van der Waals surface area contributed by atoms with E-state index in [2.05, 4.69) is 9.97 Å². The number of ether oxygens (including phenoxy) is 1. The van der Waals surface area contributed by atoms with Crippen molar-refractivity contribution in [2.45, 2.75) is 0 Å². The molecule has 0 aliphatic rings.